The third kappa shape index (κ3) is 1.45. The van der Waals surface area contributed by atoms with Crippen LogP contribution < -0.4 is 10.3 Å². The van der Waals surface area contributed by atoms with Crippen molar-refractivity contribution < 1.29 is 14.9 Å². The Morgan fingerprint density at radius 2 is 1.74 bits per heavy atom. The summed E-state index contributed by atoms with van der Waals surface area (Å²) in [7, 11) is 1.38. The largest absolute Gasteiger partial charge is 0.503 e. The third-order valence-corrected chi connectivity index (χ3v) is 3.15. The smallest absolute Gasteiger partial charge is 0.300 e. The lowest BCUT2D eigenvalue weighted by atomic mass is 10.1. The van der Waals surface area contributed by atoms with E-state index in [1.54, 1.807) is 36.4 Å². The molecule has 0 saturated heterocycles. The van der Waals surface area contributed by atoms with Gasteiger partial charge in [-0.3, -0.25) is 4.79 Å². The molecule has 0 saturated carbocycles. The minimum absolute atomic E-state index is 0.0995. The lowest BCUT2D eigenvalue weighted by Crippen LogP contribution is -2.15. The first kappa shape index (κ1) is 11.4. The number of aromatic hydroxyl groups is 2. The van der Waals surface area contributed by atoms with Crippen molar-refractivity contribution in [3.63, 3.8) is 0 Å². The molecule has 0 aliphatic rings. The molecule has 3 rings (SSSR count). The number of methoxy groups -OCH3 is 1. The molecule has 0 aliphatic heterocycles. The summed E-state index contributed by atoms with van der Waals surface area (Å²) in [5.74, 6) is -0.710. The zero-order chi connectivity index (χ0) is 13.6. The lowest BCUT2D eigenvalue weighted by molar-refractivity contribution is 0.379. The van der Waals surface area contributed by atoms with E-state index < -0.39 is 11.4 Å². The van der Waals surface area contributed by atoms with Crippen molar-refractivity contribution in [2.24, 2.45) is 0 Å². The number of aromatic nitrogens is 1. The Labute approximate surface area is 107 Å². The molecule has 0 unspecified atom stereocenters. The summed E-state index contributed by atoms with van der Waals surface area (Å²) in [5.41, 5.74) is -0.00440. The van der Waals surface area contributed by atoms with Crippen molar-refractivity contribution in [1.29, 1.82) is 0 Å². The molecule has 96 valence electrons. The fraction of sp³-hybridized carbons (Fsp3) is 0.0714. The van der Waals surface area contributed by atoms with Crippen LogP contribution in [-0.2, 0) is 0 Å². The van der Waals surface area contributed by atoms with E-state index in [1.807, 2.05) is 0 Å². The Morgan fingerprint density at radius 3 is 2.42 bits per heavy atom. The predicted octanol–water partition coefficient (Wildman–Crippen LogP) is 1.87. The summed E-state index contributed by atoms with van der Waals surface area (Å²) in [6.45, 7) is 0. The van der Waals surface area contributed by atoms with E-state index in [0.29, 0.717) is 16.3 Å². The SMILES string of the molecule is COc1ccc2c3ccccc3c(O)c(O)n2c1=O. The summed E-state index contributed by atoms with van der Waals surface area (Å²) in [5, 5.41) is 21.2. The number of hydrogen-bond donors (Lipinski definition) is 2. The number of benzene rings is 1. The minimum Gasteiger partial charge on any atom is -0.503 e. The Morgan fingerprint density at radius 1 is 1.05 bits per heavy atom. The molecule has 1 aromatic carbocycles. The van der Waals surface area contributed by atoms with E-state index in [0.717, 1.165) is 4.40 Å². The quantitative estimate of drug-likeness (QED) is 0.653. The van der Waals surface area contributed by atoms with Crippen LogP contribution in [0.2, 0.25) is 0 Å². The van der Waals surface area contributed by atoms with Crippen LogP contribution in [0.15, 0.2) is 41.2 Å². The second kappa shape index (κ2) is 3.91. The van der Waals surface area contributed by atoms with Gasteiger partial charge in [0.05, 0.1) is 12.6 Å². The van der Waals surface area contributed by atoms with E-state index in [2.05, 4.69) is 0 Å². The molecule has 0 aliphatic carbocycles. The van der Waals surface area contributed by atoms with Gasteiger partial charge in [0, 0.05) is 10.8 Å². The maximum absolute atomic E-state index is 12.1. The summed E-state index contributed by atoms with van der Waals surface area (Å²) in [6.07, 6.45) is 0. The van der Waals surface area contributed by atoms with Crippen LogP contribution in [0.3, 0.4) is 0 Å². The zero-order valence-corrected chi connectivity index (χ0v) is 10.1. The predicted molar refractivity (Wildman–Crippen MR) is 71.1 cm³/mol. The van der Waals surface area contributed by atoms with Gasteiger partial charge in [0.1, 0.15) is 0 Å². The Bertz CT molecular complexity index is 851. The van der Waals surface area contributed by atoms with Gasteiger partial charge in [-0.15, -0.1) is 0 Å². The van der Waals surface area contributed by atoms with E-state index in [9.17, 15) is 15.0 Å². The highest BCUT2D eigenvalue weighted by Gasteiger charge is 2.15. The molecule has 3 aromatic rings. The number of pyridine rings is 2. The normalized spacial score (nSPS) is 11.0. The molecule has 2 heterocycles. The van der Waals surface area contributed by atoms with Gasteiger partial charge in [-0.1, -0.05) is 24.3 Å². The number of nitrogens with zero attached hydrogens (tertiary/aromatic N) is 1. The van der Waals surface area contributed by atoms with Crippen molar-refractivity contribution in [1.82, 2.24) is 4.40 Å². The molecule has 2 N–H and O–H groups in total. The van der Waals surface area contributed by atoms with E-state index >= 15 is 0 Å². The highest BCUT2D eigenvalue weighted by Crippen LogP contribution is 2.35. The van der Waals surface area contributed by atoms with Crippen molar-refractivity contribution in [2.45, 2.75) is 0 Å². The topological polar surface area (TPSA) is 71.2 Å². The van der Waals surface area contributed by atoms with Crippen LogP contribution in [0.25, 0.3) is 16.3 Å². The number of hydrogen-bond acceptors (Lipinski definition) is 4. The lowest BCUT2D eigenvalue weighted by Gasteiger charge is -2.11. The van der Waals surface area contributed by atoms with Gasteiger partial charge < -0.3 is 14.9 Å². The van der Waals surface area contributed by atoms with Crippen molar-refractivity contribution >= 4 is 16.3 Å². The van der Waals surface area contributed by atoms with Crippen molar-refractivity contribution in [3.8, 4) is 17.4 Å². The standard InChI is InChI=1S/C14H11NO4/c1-19-11-7-6-10-8-4-2-3-5-9(8)12(16)14(18)15(10)13(11)17/h2-7,16,18H,1H3. The van der Waals surface area contributed by atoms with Crippen molar-refractivity contribution in [3.05, 3.63) is 46.8 Å². The summed E-state index contributed by atoms with van der Waals surface area (Å²) in [6, 6.07) is 10.2. The van der Waals surface area contributed by atoms with Gasteiger partial charge >= 0.3 is 0 Å². The summed E-state index contributed by atoms with van der Waals surface area (Å²) in [4.78, 5) is 12.1. The van der Waals surface area contributed by atoms with Crippen LogP contribution >= 0.6 is 0 Å². The number of ether oxygens (including phenoxy) is 1. The Balaban J connectivity index is 2.66. The second-order valence-electron chi connectivity index (χ2n) is 4.15. The fourth-order valence-electron chi connectivity index (χ4n) is 2.24. The molecule has 0 spiro atoms. The van der Waals surface area contributed by atoms with Gasteiger partial charge in [0.2, 0.25) is 5.88 Å². The van der Waals surface area contributed by atoms with Crippen LogP contribution in [0, 0.1) is 0 Å². The monoisotopic (exact) mass is 257 g/mol. The highest BCUT2D eigenvalue weighted by molar-refractivity contribution is 6.00. The maximum atomic E-state index is 12.1. The zero-order valence-electron chi connectivity index (χ0n) is 10.1. The molecule has 0 fully saturated rings. The van der Waals surface area contributed by atoms with Gasteiger partial charge in [-0.05, 0) is 12.1 Å². The Kier molecular flexibility index (Phi) is 2.35. The van der Waals surface area contributed by atoms with Crippen LogP contribution in [0.4, 0.5) is 0 Å². The molecule has 0 amide bonds. The molecule has 0 atom stereocenters. The van der Waals surface area contributed by atoms with Crippen LogP contribution in [-0.4, -0.2) is 21.7 Å². The third-order valence-electron chi connectivity index (χ3n) is 3.15. The van der Waals surface area contributed by atoms with Gasteiger partial charge in [-0.2, -0.15) is 0 Å². The molecular formula is C14H11NO4. The van der Waals surface area contributed by atoms with Gasteiger partial charge in [0.15, 0.2) is 11.5 Å². The average Bonchev–Trinajstić information content (AvgIpc) is 2.44. The van der Waals surface area contributed by atoms with Gasteiger partial charge in [-0.25, -0.2) is 4.40 Å². The Hall–Kier alpha value is -2.69. The van der Waals surface area contributed by atoms with Crippen LogP contribution in [0.5, 0.6) is 17.4 Å². The minimum atomic E-state index is -0.515. The van der Waals surface area contributed by atoms with Gasteiger partial charge in [0.25, 0.3) is 5.56 Å². The summed E-state index contributed by atoms with van der Waals surface area (Å²) < 4.78 is 5.97. The maximum Gasteiger partial charge on any atom is 0.300 e. The first-order valence-corrected chi connectivity index (χ1v) is 5.67. The molecule has 0 bridgehead atoms. The number of fused-ring (bicyclic) bond motifs is 3. The average molecular weight is 257 g/mol. The molecule has 5 heteroatoms. The molecular weight excluding hydrogens is 246 g/mol. The van der Waals surface area contributed by atoms with E-state index in [-0.39, 0.29) is 11.5 Å². The number of rotatable bonds is 1. The highest BCUT2D eigenvalue weighted by atomic mass is 16.5. The molecule has 5 nitrogen and oxygen atoms in total. The van der Waals surface area contributed by atoms with Crippen LogP contribution in [0.1, 0.15) is 0 Å². The molecule has 19 heavy (non-hydrogen) atoms. The second-order valence-corrected chi connectivity index (χ2v) is 4.15. The molecule has 2 aromatic heterocycles. The van der Waals surface area contributed by atoms with E-state index in [4.69, 9.17) is 4.74 Å². The summed E-state index contributed by atoms with van der Waals surface area (Å²) >= 11 is 0. The first-order chi connectivity index (χ1) is 9.15. The van der Waals surface area contributed by atoms with E-state index in [1.165, 1.54) is 7.11 Å². The first-order valence-electron chi connectivity index (χ1n) is 5.67. The van der Waals surface area contributed by atoms with Crippen molar-refractivity contribution in [2.75, 3.05) is 7.11 Å². The molecule has 0 radical (unpaired) electrons. The fourth-order valence-corrected chi connectivity index (χ4v) is 2.24.